The molecule has 2 rings (SSSR count). The van der Waals surface area contributed by atoms with Gasteiger partial charge in [-0.05, 0) is 13.3 Å². The van der Waals surface area contributed by atoms with Gasteiger partial charge in [0.2, 0.25) is 0 Å². The van der Waals surface area contributed by atoms with E-state index in [0.29, 0.717) is 19.6 Å². The lowest BCUT2D eigenvalue weighted by atomic mass is 10.0. The molecule has 2 amide bonds. The number of amides is 2. The molecule has 0 saturated carbocycles. The van der Waals surface area contributed by atoms with Gasteiger partial charge < -0.3 is 15.4 Å². The van der Waals surface area contributed by atoms with Crippen molar-refractivity contribution in [3.63, 3.8) is 0 Å². The first-order valence-electron chi connectivity index (χ1n) is 6.02. The van der Waals surface area contributed by atoms with Gasteiger partial charge in [-0.1, -0.05) is 0 Å². The van der Waals surface area contributed by atoms with E-state index in [1.54, 1.807) is 0 Å². The maximum Gasteiger partial charge on any atom is 0.408 e. The summed E-state index contributed by atoms with van der Waals surface area (Å²) in [5.74, 6) is 0. The minimum absolute atomic E-state index is 0.203. The minimum atomic E-state index is -4.35. The van der Waals surface area contributed by atoms with Crippen LogP contribution >= 0.6 is 0 Å². The van der Waals surface area contributed by atoms with Gasteiger partial charge in [-0.15, -0.1) is 0 Å². The van der Waals surface area contributed by atoms with Crippen LogP contribution in [0.25, 0.3) is 0 Å². The van der Waals surface area contributed by atoms with Crippen LogP contribution in [0.1, 0.15) is 13.3 Å². The Balaban J connectivity index is 1.88. The first-order valence-corrected chi connectivity index (χ1v) is 6.02. The molecule has 0 bridgehead atoms. The molecule has 1 saturated heterocycles. The molecule has 0 radical (unpaired) electrons. The number of anilines is 1. The fourth-order valence-electron chi connectivity index (χ4n) is 1.90. The molecule has 112 valence electrons. The van der Waals surface area contributed by atoms with Crippen molar-refractivity contribution in [3.05, 3.63) is 12.4 Å². The van der Waals surface area contributed by atoms with E-state index < -0.39 is 24.3 Å². The molecule has 0 aromatic carbocycles. The topological polar surface area (TPSA) is 68.2 Å². The SMILES string of the molecule is C[C@]1(NC(=O)Nc2cnn(CC(F)(F)F)c2)CCOC1. The average Bonchev–Trinajstić information content (AvgIpc) is 2.86. The number of nitrogens with one attached hydrogen (secondary N) is 2. The van der Waals surface area contributed by atoms with Crippen LogP contribution in [0.2, 0.25) is 0 Å². The second-order valence-corrected chi connectivity index (χ2v) is 4.98. The van der Waals surface area contributed by atoms with Crippen LogP contribution in [0.15, 0.2) is 12.4 Å². The second kappa shape index (κ2) is 5.31. The van der Waals surface area contributed by atoms with Gasteiger partial charge in [0.1, 0.15) is 6.54 Å². The summed E-state index contributed by atoms with van der Waals surface area (Å²) in [6.45, 7) is 1.63. The second-order valence-electron chi connectivity index (χ2n) is 4.98. The summed E-state index contributed by atoms with van der Waals surface area (Å²) in [6.07, 6.45) is -1.37. The number of carbonyl (C=O) groups is 1. The van der Waals surface area contributed by atoms with E-state index in [1.165, 1.54) is 6.20 Å². The Morgan fingerprint density at radius 3 is 2.95 bits per heavy atom. The molecule has 0 aliphatic carbocycles. The van der Waals surface area contributed by atoms with E-state index in [9.17, 15) is 18.0 Å². The maximum atomic E-state index is 12.2. The first-order chi connectivity index (χ1) is 9.26. The van der Waals surface area contributed by atoms with Gasteiger partial charge in [-0.2, -0.15) is 18.3 Å². The van der Waals surface area contributed by atoms with Crippen molar-refractivity contribution in [1.29, 1.82) is 0 Å². The monoisotopic (exact) mass is 292 g/mol. The van der Waals surface area contributed by atoms with Crippen molar-refractivity contribution < 1.29 is 22.7 Å². The molecule has 1 aliphatic rings. The predicted octanol–water partition coefficient (Wildman–Crippen LogP) is 1.75. The van der Waals surface area contributed by atoms with Gasteiger partial charge in [-0.25, -0.2) is 4.79 Å². The van der Waals surface area contributed by atoms with Crippen LogP contribution in [0, 0.1) is 0 Å². The Kier molecular flexibility index (Phi) is 3.89. The highest BCUT2D eigenvalue weighted by molar-refractivity contribution is 5.89. The largest absolute Gasteiger partial charge is 0.408 e. The number of hydrogen-bond acceptors (Lipinski definition) is 3. The van der Waals surface area contributed by atoms with Crippen LogP contribution in [0.3, 0.4) is 0 Å². The van der Waals surface area contributed by atoms with E-state index in [4.69, 9.17) is 4.74 Å². The van der Waals surface area contributed by atoms with Gasteiger partial charge in [0.15, 0.2) is 0 Å². The fraction of sp³-hybridized carbons (Fsp3) is 0.636. The Labute approximate surface area is 113 Å². The van der Waals surface area contributed by atoms with Crippen LogP contribution < -0.4 is 10.6 Å². The number of carbonyl (C=O) groups excluding carboxylic acids is 1. The normalized spacial score (nSPS) is 22.8. The summed E-state index contributed by atoms with van der Waals surface area (Å²) < 4.78 is 42.4. The molecule has 1 fully saturated rings. The maximum absolute atomic E-state index is 12.2. The van der Waals surface area contributed by atoms with Crippen molar-refractivity contribution >= 4 is 11.7 Å². The van der Waals surface area contributed by atoms with Crippen LogP contribution in [-0.2, 0) is 11.3 Å². The lowest BCUT2D eigenvalue weighted by Crippen LogP contribution is -2.48. The lowest BCUT2D eigenvalue weighted by molar-refractivity contribution is -0.142. The summed E-state index contributed by atoms with van der Waals surface area (Å²) in [5.41, 5.74) is -0.249. The Bertz CT molecular complexity index is 480. The third kappa shape index (κ3) is 4.12. The van der Waals surface area contributed by atoms with Gasteiger partial charge in [0, 0.05) is 12.8 Å². The molecule has 1 aromatic heterocycles. The van der Waals surface area contributed by atoms with Crippen molar-refractivity contribution in [1.82, 2.24) is 15.1 Å². The number of aromatic nitrogens is 2. The predicted molar refractivity (Wildman–Crippen MR) is 64.3 cm³/mol. The average molecular weight is 292 g/mol. The molecule has 20 heavy (non-hydrogen) atoms. The first kappa shape index (κ1) is 14.6. The molecule has 9 heteroatoms. The van der Waals surface area contributed by atoms with Crippen LogP contribution in [0.5, 0.6) is 0 Å². The third-order valence-electron chi connectivity index (χ3n) is 2.87. The van der Waals surface area contributed by atoms with E-state index in [2.05, 4.69) is 15.7 Å². The number of rotatable bonds is 3. The van der Waals surface area contributed by atoms with Crippen LogP contribution in [-0.4, -0.2) is 40.7 Å². The summed E-state index contributed by atoms with van der Waals surface area (Å²) >= 11 is 0. The van der Waals surface area contributed by atoms with E-state index in [1.807, 2.05) is 6.92 Å². The highest BCUT2D eigenvalue weighted by atomic mass is 19.4. The van der Waals surface area contributed by atoms with Crippen LogP contribution in [0.4, 0.5) is 23.7 Å². The quantitative estimate of drug-likeness (QED) is 0.891. The van der Waals surface area contributed by atoms with Crippen molar-refractivity contribution in [2.45, 2.75) is 31.6 Å². The summed E-state index contributed by atoms with van der Waals surface area (Å²) in [4.78, 5) is 11.7. The minimum Gasteiger partial charge on any atom is -0.379 e. The molecule has 2 heterocycles. The van der Waals surface area contributed by atoms with Crippen molar-refractivity contribution in [2.24, 2.45) is 0 Å². The molecule has 1 aromatic rings. The summed E-state index contributed by atoms with van der Waals surface area (Å²) in [6, 6.07) is -0.496. The van der Waals surface area contributed by atoms with Crippen molar-refractivity contribution in [3.8, 4) is 0 Å². The zero-order valence-electron chi connectivity index (χ0n) is 10.8. The zero-order valence-corrected chi connectivity index (χ0v) is 10.8. The Hall–Kier alpha value is -1.77. The molecule has 0 unspecified atom stereocenters. The number of urea groups is 1. The lowest BCUT2D eigenvalue weighted by Gasteiger charge is -2.23. The highest BCUT2D eigenvalue weighted by Crippen LogP contribution is 2.19. The molecular weight excluding hydrogens is 277 g/mol. The van der Waals surface area contributed by atoms with Gasteiger partial charge in [0.05, 0.1) is 24.0 Å². The van der Waals surface area contributed by atoms with E-state index >= 15 is 0 Å². The summed E-state index contributed by atoms with van der Waals surface area (Å²) in [5, 5.41) is 8.70. The van der Waals surface area contributed by atoms with Gasteiger partial charge in [-0.3, -0.25) is 4.68 Å². The van der Waals surface area contributed by atoms with Gasteiger partial charge in [0.25, 0.3) is 0 Å². The number of halogens is 3. The molecule has 0 spiro atoms. The number of nitrogens with zero attached hydrogens (tertiary/aromatic N) is 2. The molecule has 6 nitrogen and oxygen atoms in total. The smallest absolute Gasteiger partial charge is 0.379 e. The molecule has 1 aliphatic heterocycles. The standard InChI is InChI=1S/C11H15F3N4O2/c1-10(2-3-20-7-10)17-9(19)16-8-4-15-18(5-8)6-11(12,13)14/h4-5H,2-3,6-7H2,1H3,(H2,16,17,19)/t10-/m0/s1. The summed E-state index contributed by atoms with van der Waals surface area (Å²) in [7, 11) is 0. The van der Waals surface area contributed by atoms with E-state index in [-0.39, 0.29) is 5.69 Å². The molecule has 2 N–H and O–H groups in total. The third-order valence-corrected chi connectivity index (χ3v) is 2.87. The molecular formula is C11H15F3N4O2. The number of alkyl halides is 3. The molecule has 1 atom stereocenters. The number of ether oxygens (including phenoxy) is 1. The zero-order chi connectivity index (χ0) is 14.8. The Morgan fingerprint density at radius 1 is 1.60 bits per heavy atom. The Morgan fingerprint density at radius 2 is 2.35 bits per heavy atom. The van der Waals surface area contributed by atoms with E-state index in [0.717, 1.165) is 10.9 Å². The van der Waals surface area contributed by atoms with Gasteiger partial charge >= 0.3 is 12.2 Å². The van der Waals surface area contributed by atoms with Crippen molar-refractivity contribution in [2.75, 3.05) is 18.5 Å². The fourth-order valence-corrected chi connectivity index (χ4v) is 1.90. The highest BCUT2D eigenvalue weighted by Gasteiger charge is 2.31. The number of hydrogen-bond donors (Lipinski definition) is 2.